The van der Waals surface area contributed by atoms with Gasteiger partial charge in [0.05, 0.1) is 20.8 Å². The van der Waals surface area contributed by atoms with Crippen LogP contribution in [-0.4, -0.2) is 62.1 Å². The number of hydrogen-bond acceptors (Lipinski definition) is 11. The quantitative estimate of drug-likeness (QED) is 0.402. The van der Waals surface area contributed by atoms with Gasteiger partial charge in [-0.3, -0.25) is 0 Å². The number of esters is 2. The van der Waals surface area contributed by atoms with Crippen molar-refractivity contribution < 1.29 is 63.6 Å². The topological polar surface area (TPSA) is 131 Å². The Morgan fingerprint density at radius 3 is 2.00 bits per heavy atom. The van der Waals surface area contributed by atoms with Gasteiger partial charge >= 0.3 is 41.5 Å². The third-order valence-electron chi connectivity index (χ3n) is 2.01. The van der Waals surface area contributed by atoms with Crippen molar-refractivity contribution in [2.75, 3.05) is 35.0 Å². The molecule has 0 fully saturated rings. The molecule has 0 radical (unpaired) electrons. The summed E-state index contributed by atoms with van der Waals surface area (Å²) in [6.07, 6.45) is 0. The molecule has 0 saturated heterocycles. The van der Waals surface area contributed by atoms with E-state index in [1.807, 2.05) is 0 Å². The number of aromatic nitrogens is 2. The first-order valence-electron chi connectivity index (χ1n) is 6.73. The van der Waals surface area contributed by atoms with Crippen molar-refractivity contribution in [1.29, 1.82) is 0 Å². The van der Waals surface area contributed by atoms with Crippen LogP contribution >= 0.6 is 38.6 Å². The molecular weight excluding hydrogens is 475 g/mol. The van der Waals surface area contributed by atoms with Crippen molar-refractivity contribution in [3.63, 3.8) is 0 Å². The standard InChI is InChI=1S/C6H6BrNO2S.C6H7NO3S.CH4O.CH3O.Na/c1-2-10-5(9)4-3-11-6(7)8-4;1-9-5(8)4-3-11-6(7-4)10-2;2*1-2;/h3H,2H2,1H3;3H,1-2H3;2H,1H3;1H3;/q;;;-1;+1. The smallest absolute Gasteiger partial charge is 0.857 e. The molecule has 1 N–H and O–H groups in total. The number of thiazole rings is 2. The number of aliphatic hydroxyl groups is 1. The minimum atomic E-state index is -0.440. The third-order valence-corrected chi connectivity index (χ3v) is 4.18. The second-order valence-electron chi connectivity index (χ2n) is 3.40. The summed E-state index contributed by atoms with van der Waals surface area (Å²) in [4.78, 5) is 29.5. The minimum absolute atomic E-state index is 0. The summed E-state index contributed by atoms with van der Waals surface area (Å²) in [5.41, 5.74) is 0.651. The van der Waals surface area contributed by atoms with Gasteiger partial charge in [0.1, 0.15) is 0 Å². The maximum absolute atomic E-state index is 11.0. The molecular formula is C14H20BrN2NaO7S2. The fraction of sp³-hybridized carbons (Fsp3) is 0.429. The van der Waals surface area contributed by atoms with E-state index in [0.717, 1.165) is 14.2 Å². The van der Waals surface area contributed by atoms with Crippen molar-refractivity contribution in [1.82, 2.24) is 9.97 Å². The SMILES string of the molecule is CCOC(=O)c1csc(Br)n1.CO.COC(=O)c1csc(OC)n1.C[O-].[Na+]. The first-order chi connectivity index (χ1) is 12.5. The Morgan fingerprint density at radius 2 is 1.63 bits per heavy atom. The van der Waals surface area contributed by atoms with Gasteiger partial charge in [-0.25, -0.2) is 14.6 Å². The van der Waals surface area contributed by atoms with Gasteiger partial charge in [-0.05, 0) is 22.9 Å². The van der Waals surface area contributed by atoms with E-state index in [9.17, 15) is 9.59 Å². The van der Waals surface area contributed by atoms with Crippen LogP contribution in [0.15, 0.2) is 14.7 Å². The van der Waals surface area contributed by atoms with Gasteiger partial charge in [-0.1, -0.05) is 11.3 Å². The molecule has 0 atom stereocenters. The van der Waals surface area contributed by atoms with Crippen LogP contribution in [0.2, 0.25) is 0 Å². The summed E-state index contributed by atoms with van der Waals surface area (Å²) in [6, 6.07) is 0. The van der Waals surface area contributed by atoms with Gasteiger partial charge in [0.2, 0.25) is 0 Å². The molecule has 0 saturated carbocycles. The predicted octanol–water partition coefficient (Wildman–Crippen LogP) is -1.39. The number of hydrogen-bond donors (Lipinski definition) is 1. The Kier molecular flexibility index (Phi) is 23.2. The fourth-order valence-corrected chi connectivity index (χ4v) is 2.69. The maximum atomic E-state index is 11.0. The largest absolute Gasteiger partial charge is 1.00 e. The first kappa shape index (κ1) is 31.1. The third kappa shape index (κ3) is 13.2. The van der Waals surface area contributed by atoms with Gasteiger partial charge in [-0.2, -0.15) is 12.1 Å². The Bertz CT molecular complexity index is 641. The average Bonchev–Trinajstić information content (AvgIpc) is 3.34. The zero-order valence-corrected chi connectivity index (χ0v) is 21.1. The molecule has 0 spiro atoms. The number of ether oxygens (including phenoxy) is 3. The molecule has 9 nitrogen and oxygen atoms in total. The second-order valence-corrected chi connectivity index (χ2v) is 6.36. The summed E-state index contributed by atoms with van der Waals surface area (Å²) in [5, 5.41) is 19.0. The maximum Gasteiger partial charge on any atom is 1.00 e. The van der Waals surface area contributed by atoms with E-state index in [2.05, 4.69) is 30.6 Å². The van der Waals surface area contributed by atoms with E-state index in [1.165, 1.54) is 36.9 Å². The number of nitrogens with zero attached hydrogens (tertiary/aromatic N) is 2. The average molecular weight is 495 g/mol. The Labute approximate surface area is 196 Å². The molecule has 0 aromatic carbocycles. The van der Waals surface area contributed by atoms with Crippen LogP contribution in [0.25, 0.3) is 0 Å². The van der Waals surface area contributed by atoms with Gasteiger partial charge in [0.15, 0.2) is 15.3 Å². The van der Waals surface area contributed by atoms with Crippen LogP contribution in [0.1, 0.15) is 27.9 Å². The summed E-state index contributed by atoms with van der Waals surface area (Å²) in [7, 11) is 4.56. The first-order valence-corrected chi connectivity index (χ1v) is 9.28. The van der Waals surface area contributed by atoms with E-state index in [-0.39, 0.29) is 41.2 Å². The molecule has 2 aromatic heterocycles. The number of aliphatic hydroxyl groups excluding tert-OH is 1. The molecule has 2 heterocycles. The summed E-state index contributed by atoms with van der Waals surface area (Å²) >= 11 is 5.77. The van der Waals surface area contributed by atoms with Crippen LogP contribution in [0.3, 0.4) is 0 Å². The number of carbonyl (C=O) groups excluding carboxylic acids is 2. The normalized spacial score (nSPS) is 8.15. The molecule has 0 aliphatic carbocycles. The molecule has 13 heteroatoms. The molecule has 0 aliphatic heterocycles. The van der Waals surface area contributed by atoms with Crippen molar-refractivity contribution in [2.45, 2.75) is 6.92 Å². The summed E-state index contributed by atoms with van der Waals surface area (Å²) in [5.74, 6) is -0.806. The second kappa shape index (κ2) is 20.1. The number of rotatable bonds is 4. The fourth-order valence-electron chi connectivity index (χ4n) is 1.10. The zero-order valence-electron chi connectivity index (χ0n) is 15.8. The molecule has 27 heavy (non-hydrogen) atoms. The molecule has 0 bridgehead atoms. The van der Waals surface area contributed by atoms with E-state index in [4.69, 9.17) is 19.7 Å². The predicted molar refractivity (Wildman–Crippen MR) is 99.8 cm³/mol. The van der Waals surface area contributed by atoms with E-state index >= 15 is 0 Å². The van der Waals surface area contributed by atoms with Gasteiger partial charge in [-0.15, -0.1) is 11.3 Å². The zero-order chi connectivity index (χ0) is 20.5. The number of halogens is 1. The molecule has 2 rings (SSSR count). The van der Waals surface area contributed by atoms with Crippen LogP contribution < -0.4 is 39.4 Å². The molecule has 0 aliphatic rings. The number of methoxy groups -OCH3 is 2. The Morgan fingerprint density at radius 1 is 1.11 bits per heavy atom. The molecule has 0 unspecified atom stereocenters. The van der Waals surface area contributed by atoms with Gasteiger partial charge < -0.3 is 24.4 Å². The van der Waals surface area contributed by atoms with Crippen LogP contribution in [0.4, 0.5) is 0 Å². The van der Waals surface area contributed by atoms with Crippen LogP contribution in [0.5, 0.6) is 5.19 Å². The van der Waals surface area contributed by atoms with Crippen molar-refractivity contribution in [2.24, 2.45) is 0 Å². The van der Waals surface area contributed by atoms with Crippen LogP contribution in [0, 0.1) is 0 Å². The molecule has 148 valence electrons. The van der Waals surface area contributed by atoms with E-state index in [0.29, 0.717) is 21.4 Å². The monoisotopic (exact) mass is 494 g/mol. The molecule has 0 amide bonds. The van der Waals surface area contributed by atoms with Crippen molar-refractivity contribution in [3.8, 4) is 5.19 Å². The van der Waals surface area contributed by atoms with Crippen molar-refractivity contribution >= 4 is 50.5 Å². The van der Waals surface area contributed by atoms with Crippen molar-refractivity contribution in [3.05, 3.63) is 26.1 Å². The van der Waals surface area contributed by atoms with E-state index < -0.39 is 5.97 Å². The minimum Gasteiger partial charge on any atom is -0.857 e. The Balaban J connectivity index is -0.000000349. The number of carbonyl (C=O) groups is 2. The van der Waals surface area contributed by atoms with Gasteiger partial charge in [0.25, 0.3) is 5.19 Å². The Hall–Kier alpha value is -0.600. The van der Waals surface area contributed by atoms with Crippen LogP contribution in [-0.2, 0) is 9.47 Å². The van der Waals surface area contributed by atoms with Gasteiger partial charge in [0, 0.05) is 17.9 Å². The molecule has 2 aromatic rings. The summed E-state index contributed by atoms with van der Waals surface area (Å²) < 4.78 is 14.7. The summed E-state index contributed by atoms with van der Waals surface area (Å²) in [6.45, 7) is 2.15. The van der Waals surface area contributed by atoms with E-state index in [1.54, 1.807) is 17.7 Å².